The van der Waals surface area contributed by atoms with Crippen LogP contribution in [0.15, 0.2) is 29.2 Å². The number of aromatic carboxylic acids is 1. The Balaban J connectivity index is 2.17. The Labute approximate surface area is 117 Å². The van der Waals surface area contributed by atoms with E-state index in [0.717, 1.165) is 6.07 Å². The SMILES string of the molecule is CC1CN(NS(=O)(=O)c2cccc(C(=O)O)c2)CCN1. The first kappa shape index (κ1) is 14.9. The zero-order chi connectivity index (χ0) is 14.8. The van der Waals surface area contributed by atoms with Crippen LogP contribution in [0.4, 0.5) is 0 Å². The van der Waals surface area contributed by atoms with E-state index in [1.54, 1.807) is 5.01 Å². The van der Waals surface area contributed by atoms with Gasteiger partial charge in [-0.1, -0.05) is 6.07 Å². The maximum Gasteiger partial charge on any atom is 0.335 e. The van der Waals surface area contributed by atoms with Crippen LogP contribution in [0.2, 0.25) is 0 Å². The van der Waals surface area contributed by atoms with E-state index in [0.29, 0.717) is 19.6 Å². The van der Waals surface area contributed by atoms with Gasteiger partial charge in [0.15, 0.2) is 0 Å². The number of nitrogens with zero attached hydrogens (tertiary/aromatic N) is 1. The molecule has 1 saturated heterocycles. The summed E-state index contributed by atoms with van der Waals surface area (Å²) in [4.78, 5) is 13.3. The summed E-state index contributed by atoms with van der Waals surface area (Å²) in [5, 5.41) is 13.7. The smallest absolute Gasteiger partial charge is 0.335 e. The van der Waals surface area contributed by atoms with Crippen molar-refractivity contribution in [2.24, 2.45) is 0 Å². The van der Waals surface area contributed by atoms with Crippen LogP contribution in [0.25, 0.3) is 0 Å². The minimum absolute atomic E-state index is 0.0522. The van der Waals surface area contributed by atoms with Crippen molar-refractivity contribution in [2.75, 3.05) is 19.6 Å². The largest absolute Gasteiger partial charge is 0.478 e. The van der Waals surface area contributed by atoms with Crippen LogP contribution in [-0.4, -0.2) is 50.2 Å². The fourth-order valence-corrected chi connectivity index (χ4v) is 3.19. The third kappa shape index (κ3) is 3.54. The molecule has 0 spiro atoms. The lowest BCUT2D eigenvalue weighted by Crippen LogP contribution is -2.55. The molecule has 0 aromatic heterocycles. The predicted octanol–water partition coefficient (Wildman–Crippen LogP) is -0.128. The van der Waals surface area contributed by atoms with E-state index in [4.69, 9.17) is 5.11 Å². The second-order valence-electron chi connectivity index (χ2n) is 4.73. The molecule has 0 bridgehead atoms. The van der Waals surface area contributed by atoms with E-state index < -0.39 is 16.0 Å². The van der Waals surface area contributed by atoms with E-state index in [2.05, 4.69) is 10.1 Å². The number of hydrogen-bond acceptors (Lipinski definition) is 5. The molecule has 110 valence electrons. The van der Waals surface area contributed by atoms with Gasteiger partial charge in [-0.2, -0.15) is 0 Å². The van der Waals surface area contributed by atoms with Gasteiger partial charge in [-0.3, -0.25) is 0 Å². The second-order valence-corrected chi connectivity index (χ2v) is 6.39. The van der Waals surface area contributed by atoms with E-state index in [1.165, 1.54) is 18.2 Å². The molecular weight excluding hydrogens is 282 g/mol. The van der Waals surface area contributed by atoms with Crippen molar-refractivity contribution in [2.45, 2.75) is 17.9 Å². The number of piperazine rings is 1. The molecule has 1 heterocycles. The molecule has 1 unspecified atom stereocenters. The van der Waals surface area contributed by atoms with Crippen molar-refractivity contribution in [3.63, 3.8) is 0 Å². The normalized spacial score (nSPS) is 20.8. The Morgan fingerprint density at radius 3 is 2.90 bits per heavy atom. The third-order valence-electron chi connectivity index (χ3n) is 3.01. The maximum absolute atomic E-state index is 12.2. The van der Waals surface area contributed by atoms with Crippen LogP contribution in [0.1, 0.15) is 17.3 Å². The number of rotatable bonds is 4. The number of hydrogen-bond donors (Lipinski definition) is 3. The van der Waals surface area contributed by atoms with Crippen LogP contribution in [-0.2, 0) is 10.0 Å². The monoisotopic (exact) mass is 299 g/mol. The highest BCUT2D eigenvalue weighted by atomic mass is 32.2. The summed E-state index contributed by atoms with van der Waals surface area (Å²) in [6, 6.07) is 5.49. The molecule has 1 fully saturated rings. The van der Waals surface area contributed by atoms with Crippen molar-refractivity contribution >= 4 is 16.0 Å². The number of nitrogens with one attached hydrogen (secondary N) is 2. The lowest BCUT2D eigenvalue weighted by Gasteiger charge is -2.31. The molecule has 1 aromatic carbocycles. The lowest BCUT2D eigenvalue weighted by molar-refractivity contribution is 0.0696. The van der Waals surface area contributed by atoms with E-state index >= 15 is 0 Å². The Hall–Kier alpha value is -1.48. The van der Waals surface area contributed by atoms with E-state index in [-0.39, 0.29) is 16.5 Å². The topological polar surface area (TPSA) is 98.7 Å². The minimum atomic E-state index is -3.75. The van der Waals surface area contributed by atoms with Gasteiger partial charge in [0, 0.05) is 25.7 Å². The van der Waals surface area contributed by atoms with Crippen LogP contribution in [0.5, 0.6) is 0 Å². The maximum atomic E-state index is 12.2. The molecule has 0 saturated carbocycles. The number of sulfonamides is 1. The van der Waals surface area contributed by atoms with Crippen molar-refractivity contribution in [3.05, 3.63) is 29.8 Å². The van der Waals surface area contributed by atoms with Crippen molar-refractivity contribution in [1.82, 2.24) is 15.2 Å². The average Bonchev–Trinajstić information content (AvgIpc) is 2.38. The van der Waals surface area contributed by atoms with Gasteiger partial charge < -0.3 is 10.4 Å². The van der Waals surface area contributed by atoms with Crippen molar-refractivity contribution in [1.29, 1.82) is 0 Å². The highest BCUT2D eigenvalue weighted by molar-refractivity contribution is 7.89. The first-order valence-electron chi connectivity index (χ1n) is 6.22. The first-order chi connectivity index (χ1) is 9.38. The highest BCUT2D eigenvalue weighted by Crippen LogP contribution is 2.12. The molecule has 1 aliphatic heterocycles. The van der Waals surface area contributed by atoms with Crippen LogP contribution in [0.3, 0.4) is 0 Å². The van der Waals surface area contributed by atoms with Gasteiger partial charge >= 0.3 is 5.97 Å². The molecule has 1 atom stereocenters. The molecule has 0 amide bonds. The van der Waals surface area contributed by atoms with Gasteiger partial charge in [0.25, 0.3) is 10.0 Å². The van der Waals surface area contributed by atoms with Gasteiger partial charge in [0.1, 0.15) is 0 Å². The van der Waals surface area contributed by atoms with Gasteiger partial charge in [0.05, 0.1) is 10.5 Å². The quantitative estimate of drug-likeness (QED) is 0.716. The molecule has 0 radical (unpaired) electrons. The van der Waals surface area contributed by atoms with Gasteiger partial charge in [-0.25, -0.2) is 18.2 Å². The fourth-order valence-electron chi connectivity index (χ4n) is 2.03. The Bertz CT molecular complexity index is 602. The minimum Gasteiger partial charge on any atom is -0.478 e. The van der Waals surface area contributed by atoms with Crippen LogP contribution < -0.4 is 10.1 Å². The number of hydrazine groups is 1. The third-order valence-corrected chi connectivity index (χ3v) is 4.38. The average molecular weight is 299 g/mol. The molecule has 0 aliphatic carbocycles. The standard InChI is InChI=1S/C12H17N3O4S/c1-9-8-15(6-5-13-9)14-20(18,19)11-4-2-3-10(7-11)12(16)17/h2-4,7,9,13-14H,5-6,8H2,1H3,(H,16,17). The van der Waals surface area contributed by atoms with Gasteiger partial charge in [-0.05, 0) is 25.1 Å². The van der Waals surface area contributed by atoms with Crippen LogP contribution in [0, 0.1) is 0 Å². The van der Waals surface area contributed by atoms with Crippen LogP contribution >= 0.6 is 0 Å². The van der Waals surface area contributed by atoms with Gasteiger partial charge in [-0.15, -0.1) is 4.83 Å². The van der Waals surface area contributed by atoms with Gasteiger partial charge in [0.2, 0.25) is 0 Å². The number of benzene rings is 1. The van der Waals surface area contributed by atoms with E-state index in [1.807, 2.05) is 6.92 Å². The Morgan fingerprint density at radius 1 is 1.50 bits per heavy atom. The highest BCUT2D eigenvalue weighted by Gasteiger charge is 2.22. The van der Waals surface area contributed by atoms with Crippen molar-refractivity contribution in [3.8, 4) is 0 Å². The summed E-state index contributed by atoms with van der Waals surface area (Å²) < 4.78 is 24.4. The summed E-state index contributed by atoms with van der Waals surface area (Å²) in [6.45, 7) is 3.77. The second kappa shape index (κ2) is 5.88. The summed E-state index contributed by atoms with van der Waals surface area (Å²) in [7, 11) is -3.75. The molecule has 3 N–H and O–H groups in total. The number of carboxylic acids is 1. The summed E-state index contributed by atoms with van der Waals surface area (Å²) in [5.41, 5.74) is -0.0541. The molecule has 1 aromatic rings. The molecule has 1 aliphatic rings. The Morgan fingerprint density at radius 2 is 2.25 bits per heavy atom. The summed E-state index contributed by atoms with van der Waals surface area (Å²) >= 11 is 0. The lowest BCUT2D eigenvalue weighted by atomic mass is 10.2. The molecule has 20 heavy (non-hydrogen) atoms. The molecule has 7 nitrogen and oxygen atoms in total. The first-order valence-corrected chi connectivity index (χ1v) is 7.71. The zero-order valence-corrected chi connectivity index (χ0v) is 11.9. The number of carbonyl (C=O) groups is 1. The predicted molar refractivity (Wildman–Crippen MR) is 72.8 cm³/mol. The summed E-state index contributed by atoms with van der Waals surface area (Å²) in [5.74, 6) is -1.15. The number of carboxylic acid groups (broad SMARTS) is 1. The van der Waals surface area contributed by atoms with Crippen molar-refractivity contribution < 1.29 is 18.3 Å². The fraction of sp³-hybridized carbons (Fsp3) is 0.417. The molecule has 8 heteroatoms. The summed E-state index contributed by atoms with van der Waals surface area (Å²) in [6.07, 6.45) is 0. The van der Waals surface area contributed by atoms with E-state index in [9.17, 15) is 13.2 Å². The molecular formula is C12H17N3O4S. The molecule has 2 rings (SSSR count). The Kier molecular flexibility index (Phi) is 4.39. The zero-order valence-electron chi connectivity index (χ0n) is 11.0.